The first kappa shape index (κ1) is 12.9. The lowest BCUT2D eigenvalue weighted by Crippen LogP contribution is -2.07. The molecule has 2 heterocycles. The van der Waals surface area contributed by atoms with Crippen molar-refractivity contribution in [3.8, 4) is 0 Å². The Morgan fingerprint density at radius 1 is 1.05 bits per heavy atom. The maximum Gasteiger partial charge on any atom is 0.185 e. The van der Waals surface area contributed by atoms with Gasteiger partial charge in [-0.25, -0.2) is 9.50 Å². The fourth-order valence-electron chi connectivity index (χ4n) is 2.78. The molecule has 0 bridgehead atoms. The first-order chi connectivity index (χ1) is 10.8. The van der Waals surface area contributed by atoms with E-state index in [-0.39, 0.29) is 0 Å². The highest BCUT2D eigenvalue weighted by Gasteiger charge is 2.17. The Balaban J connectivity index is 1.80. The third kappa shape index (κ3) is 2.22. The third-order valence-corrected chi connectivity index (χ3v) is 3.91. The van der Waals surface area contributed by atoms with Gasteiger partial charge in [-0.05, 0) is 43.4 Å². The predicted octanol–water partition coefficient (Wildman–Crippen LogP) is 3.61. The SMILES string of the molecule is Nc1nn2cc3c(nc2c1N=Nc1ccccc1)CCCC3. The van der Waals surface area contributed by atoms with Crippen molar-refractivity contribution in [2.24, 2.45) is 10.2 Å². The molecule has 0 atom stereocenters. The van der Waals surface area contributed by atoms with E-state index in [9.17, 15) is 0 Å². The van der Waals surface area contributed by atoms with E-state index in [2.05, 4.69) is 15.3 Å². The van der Waals surface area contributed by atoms with Gasteiger partial charge >= 0.3 is 0 Å². The van der Waals surface area contributed by atoms with Crippen LogP contribution in [0.4, 0.5) is 17.2 Å². The molecule has 1 aliphatic rings. The first-order valence-corrected chi connectivity index (χ1v) is 7.44. The van der Waals surface area contributed by atoms with Crippen LogP contribution in [-0.4, -0.2) is 14.6 Å². The number of benzene rings is 1. The summed E-state index contributed by atoms with van der Waals surface area (Å²) in [7, 11) is 0. The fraction of sp³-hybridized carbons (Fsp3) is 0.250. The van der Waals surface area contributed by atoms with Crippen LogP contribution in [-0.2, 0) is 12.8 Å². The largest absolute Gasteiger partial charge is 0.380 e. The highest BCUT2D eigenvalue weighted by Crippen LogP contribution is 2.30. The number of rotatable bonds is 2. The molecular weight excluding hydrogens is 276 g/mol. The molecule has 1 aliphatic carbocycles. The van der Waals surface area contributed by atoms with Crippen LogP contribution in [0, 0.1) is 0 Å². The number of nitrogens with zero attached hydrogens (tertiary/aromatic N) is 5. The van der Waals surface area contributed by atoms with Crippen LogP contribution >= 0.6 is 0 Å². The Labute approximate surface area is 127 Å². The van der Waals surface area contributed by atoms with Crippen molar-refractivity contribution in [1.29, 1.82) is 0 Å². The van der Waals surface area contributed by atoms with Crippen LogP contribution in [0.3, 0.4) is 0 Å². The molecule has 0 unspecified atom stereocenters. The molecule has 6 heteroatoms. The van der Waals surface area contributed by atoms with Gasteiger partial charge in [0.05, 0.1) is 5.69 Å². The molecule has 3 aromatic rings. The molecule has 6 nitrogen and oxygen atoms in total. The van der Waals surface area contributed by atoms with Gasteiger partial charge < -0.3 is 5.73 Å². The molecule has 22 heavy (non-hydrogen) atoms. The van der Waals surface area contributed by atoms with Crippen molar-refractivity contribution in [2.45, 2.75) is 25.7 Å². The number of nitrogens with two attached hydrogens (primary N) is 1. The molecule has 4 rings (SSSR count). The number of aryl methyl sites for hydroxylation is 2. The number of anilines is 1. The Hall–Kier alpha value is -2.76. The van der Waals surface area contributed by atoms with Gasteiger partial charge in [-0.3, -0.25) is 0 Å². The molecule has 0 saturated carbocycles. The van der Waals surface area contributed by atoms with Crippen molar-refractivity contribution in [2.75, 3.05) is 5.73 Å². The van der Waals surface area contributed by atoms with Crippen molar-refractivity contribution >= 4 is 22.8 Å². The smallest absolute Gasteiger partial charge is 0.185 e. The average molecular weight is 292 g/mol. The van der Waals surface area contributed by atoms with Crippen molar-refractivity contribution in [1.82, 2.24) is 14.6 Å². The van der Waals surface area contributed by atoms with Gasteiger partial charge in [0.25, 0.3) is 0 Å². The molecule has 0 amide bonds. The number of hydrogen-bond donors (Lipinski definition) is 1. The molecule has 1 aromatic carbocycles. The van der Waals surface area contributed by atoms with Gasteiger partial charge in [0, 0.05) is 11.9 Å². The van der Waals surface area contributed by atoms with Gasteiger partial charge in [0.1, 0.15) is 0 Å². The summed E-state index contributed by atoms with van der Waals surface area (Å²) in [5.41, 5.74) is 10.4. The molecule has 0 radical (unpaired) electrons. The second-order valence-electron chi connectivity index (χ2n) is 5.46. The molecular formula is C16H16N6. The van der Waals surface area contributed by atoms with E-state index in [1.54, 1.807) is 4.52 Å². The summed E-state index contributed by atoms with van der Waals surface area (Å²) >= 11 is 0. The molecule has 0 fully saturated rings. The maximum absolute atomic E-state index is 5.99. The molecule has 0 aliphatic heterocycles. The van der Waals surface area contributed by atoms with E-state index in [1.165, 1.54) is 18.4 Å². The number of aromatic nitrogens is 3. The summed E-state index contributed by atoms with van der Waals surface area (Å²) in [5, 5.41) is 12.8. The summed E-state index contributed by atoms with van der Waals surface area (Å²) < 4.78 is 1.72. The normalized spacial score (nSPS) is 14.5. The fourth-order valence-corrected chi connectivity index (χ4v) is 2.78. The minimum Gasteiger partial charge on any atom is -0.380 e. The van der Waals surface area contributed by atoms with Crippen molar-refractivity contribution in [3.05, 3.63) is 47.8 Å². The van der Waals surface area contributed by atoms with Crippen molar-refractivity contribution < 1.29 is 0 Å². The van der Waals surface area contributed by atoms with Crippen LogP contribution in [0.25, 0.3) is 5.65 Å². The van der Waals surface area contributed by atoms with Gasteiger partial charge in [-0.2, -0.15) is 5.11 Å². The van der Waals surface area contributed by atoms with Gasteiger partial charge in [0.15, 0.2) is 17.2 Å². The standard InChI is InChI=1S/C16H16N6/c17-15-14(20-19-12-7-2-1-3-8-12)16-18-13-9-5-4-6-11(13)10-22(16)21-15/h1-3,7-8,10H,4-6,9H2,(H2,17,21). The lowest BCUT2D eigenvalue weighted by atomic mass is 9.98. The average Bonchev–Trinajstić information content (AvgIpc) is 2.86. The third-order valence-electron chi connectivity index (χ3n) is 3.91. The van der Waals surface area contributed by atoms with E-state index in [1.807, 2.05) is 36.5 Å². The zero-order valence-corrected chi connectivity index (χ0v) is 12.1. The minimum absolute atomic E-state index is 0.356. The van der Waals surface area contributed by atoms with Gasteiger partial charge in [-0.15, -0.1) is 10.2 Å². The van der Waals surface area contributed by atoms with Crippen LogP contribution in [0.1, 0.15) is 24.1 Å². The second-order valence-corrected chi connectivity index (χ2v) is 5.46. The highest BCUT2D eigenvalue weighted by molar-refractivity contribution is 5.75. The van der Waals surface area contributed by atoms with E-state index in [0.717, 1.165) is 24.2 Å². The minimum atomic E-state index is 0.356. The number of nitrogen functional groups attached to an aromatic ring is 1. The summed E-state index contributed by atoms with van der Waals surface area (Å²) in [5.74, 6) is 0.356. The first-order valence-electron chi connectivity index (χ1n) is 7.44. The topological polar surface area (TPSA) is 80.9 Å². The number of hydrogen-bond acceptors (Lipinski definition) is 5. The van der Waals surface area contributed by atoms with Gasteiger partial charge in [-0.1, -0.05) is 18.2 Å². The lowest BCUT2D eigenvalue weighted by Gasteiger charge is -2.14. The summed E-state index contributed by atoms with van der Waals surface area (Å²) in [6.45, 7) is 0. The van der Waals surface area contributed by atoms with Gasteiger partial charge in [0.2, 0.25) is 0 Å². The maximum atomic E-state index is 5.99. The van der Waals surface area contributed by atoms with E-state index < -0.39 is 0 Å². The van der Waals surface area contributed by atoms with Crippen molar-refractivity contribution in [3.63, 3.8) is 0 Å². The Kier molecular flexibility index (Phi) is 3.07. The summed E-state index contributed by atoms with van der Waals surface area (Å²) in [6, 6.07) is 9.56. The Bertz CT molecular complexity index is 850. The quantitative estimate of drug-likeness (QED) is 0.733. The van der Waals surface area contributed by atoms with E-state index >= 15 is 0 Å². The molecule has 110 valence electrons. The number of fused-ring (bicyclic) bond motifs is 2. The molecule has 2 aromatic heterocycles. The molecule has 0 spiro atoms. The Morgan fingerprint density at radius 2 is 1.86 bits per heavy atom. The highest BCUT2D eigenvalue weighted by atomic mass is 15.3. The summed E-state index contributed by atoms with van der Waals surface area (Å²) in [6.07, 6.45) is 6.47. The Morgan fingerprint density at radius 3 is 2.73 bits per heavy atom. The van der Waals surface area contributed by atoms with E-state index in [0.29, 0.717) is 17.2 Å². The van der Waals surface area contributed by atoms with Crippen LogP contribution < -0.4 is 5.73 Å². The lowest BCUT2D eigenvalue weighted by molar-refractivity contribution is 0.660. The predicted molar refractivity (Wildman–Crippen MR) is 84.7 cm³/mol. The number of azo groups is 1. The zero-order chi connectivity index (χ0) is 14.9. The monoisotopic (exact) mass is 292 g/mol. The zero-order valence-electron chi connectivity index (χ0n) is 12.1. The van der Waals surface area contributed by atoms with Crippen LogP contribution in [0.2, 0.25) is 0 Å². The van der Waals surface area contributed by atoms with Crippen LogP contribution in [0.15, 0.2) is 46.8 Å². The van der Waals surface area contributed by atoms with E-state index in [4.69, 9.17) is 10.7 Å². The summed E-state index contributed by atoms with van der Waals surface area (Å²) in [4.78, 5) is 4.72. The van der Waals surface area contributed by atoms with Crippen LogP contribution in [0.5, 0.6) is 0 Å². The molecule has 2 N–H and O–H groups in total. The second kappa shape index (κ2) is 5.22. The molecule has 0 saturated heterocycles.